The summed E-state index contributed by atoms with van der Waals surface area (Å²) in [6, 6.07) is 17.1. The molecule has 0 saturated heterocycles. The Balaban J connectivity index is 2.00. The maximum Gasteiger partial charge on any atom is 0.203 e. The van der Waals surface area contributed by atoms with Crippen LogP contribution in [0.4, 0.5) is 0 Å². The van der Waals surface area contributed by atoms with Gasteiger partial charge in [-0.1, -0.05) is 42.5 Å². The van der Waals surface area contributed by atoms with Gasteiger partial charge in [0.05, 0.1) is 18.9 Å². The molecular formula is C18H23O4P. The number of benzene rings is 2. The zero-order valence-corrected chi connectivity index (χ0v) is 14.4. The van der Waals surface area contributed by atoms with Crippen molar-refractivity contribution in [3.05, 3.63) is 65.7 Å². The van der Waals surface area contributed by atoms with E-state index in [2.05, 4.69) is 0 Å². The Morgan fingerprint density at radius 3 is 2.57 bits per heavy atom. The molecule has 0 aliphatic rings. The van der Waals surface area contributed by atoms with Crippen LogP contribution < -0.4 is 4.74 Å². The molecule has 0 radical (unpaired) electrons. The highest BCUT2D eigenvalue weighted by Gasteiger charge is 2.22. The Morgan fingerprint density at radius 2 is 1.87 bits per heavy atom. The van der Waals surface area contributed by atoms with Crippen LogP contribution in [0.25, 0.3) is 0 Å². The summed E-state index contributed by atoms with van der Waals surface area (Å²) in [7, 11) is -2.78. The minimum atomic E-state index is -2.78. The first kappa shape index (κ1) is 17.7. The van der Waals surface area contributed by atoms with E-state index in [9.17, 15) is 9.67 Å². The monoisotopic (exact) mass is 334 g/mol. The summed E-state index contributed by atoms with van der Waals surface area (Å²) in [6.07, 6.45) is -0.735. The molecule has 1 unspecified atom stereocenters. The fourth-order valence-corrected chi connectivity index (χ4v) is 3.79. The lowest BCUT2D eigenvalue weighted by Gasteiger charge is -2.18. The summed E-state index contributed by atoms with van der Waals surface area (Å²) in [6.45, 7) is 4.18. The van der Waals surface area contributed by atoms with Gasteiger partial charge in [-0.05, 0) is 30.2 Å². The van der Waals surface area contributed by atoms with Gasteiger partial charge in [0, 0.05) is 6.66 Å². The van der Waals surface area contributed by atoms with Gasteiger partial charge in [0.1, 0.15) is 12.4 Å². The Hall–Kier alpha value is -1.61. The Labute approximate surface area is 137 Å². The zero-order valence-electron chi connectivity index (χ0n) is 13.5. The summed E-state index contributed by atoms with van der Waals surface area (Å²) >= 11 is 0. The van der Waals surface area contributed by atoms with Crippen molar-refractivity contribution in [3.8, 4) is 5.75 Å². The molecule has 0 bridgehead atoms. The summed E-state index contributed by atoms with van der Waals surface area (Å²) in [5.74, 6) is 0.674. The second-order valence-electron chi connectivity index (χ2n) is 5.48. The molecule has 0 heterocycles. The molecule has 0 aliphatic heterocycles. The number of hydrogen-bond acceptors (Lipinski definition) is 4. The molecule has 5 heteroatoms. The number of rotatable bonds is 8. The number of aliphatic hydroxyl groups is 1. The molecule has 0 amide bonds. The minimum Gasteiger partial charge on any atom is -0.489 e. The summed E-state index contributed by atoms with van der Waals surface area (Å²) in [4.78, 5) is 0. The molecule has 23 heavy (non-hydrogen) atoms. The van der Waals surface area contributed by atoms with Crippen molar-refractivity contribution >= 4 is 7.37 Å². The average Bonchev–Trinajstić information content (AvgIpc) is 2.53. The highest BCUT2D eigenvalue weighted by atomic mass is 31.2. The lowest BCUT2D eigenvalue weighted by atomic mass is 10.1. The quantitative estimate of drug-likeness (QED) is 0.734. The minimum absolute atomic E-state index is 0.100. The normalized spacial score (nSPS) is 14.9. The molecule has 0 saturated carbocycles. The van der Waals surface area contributed by atoms with Crippen molar-refractivity contribution in [2.24, 2.45) is 0 Å². The Kier molecular flexibility index (Phi) is 6.40. The first-order valence-electron chi connectivity index (χ1n) is 7.66. The van der Waals surface area contributed by atoms with Crippen molar-refractivity contribution in [2.75, 3.05) is 19.4 Å². The maximum absolute atomic E-state index is 12.2. The van der Waals surface area contributed by atoms with Crippen LogP contribution in [-0.4, -0.2) is 24.5 Å². The molecule has 124 valence electrons. The van der Waals surface area contributed by atoms with Crippen molar-refractivity contribution in [1.82, 2.24) is 0 Å². The number of aliphatic hydroxyl groups excluding tert-OH is 1. The predicted molar refractivity (Wildman–Crippen MR) is 92.2 cm³/mol. The second kappa shape index (κ2) is 8.30. The summed E-state index contributed by atoms with van der Waals surface area (Å²) in [5.41, 5.74) is 1.75. The first-order chi connectivity index (χ1) is 11.0. The SMILES string of the molecule is CCOP(C)(=O)C[C@@H](O)c1cccc(OCc2ccccc2)c1. The van der Waals surface area contributed by atoms with Crippen molar-refractivity contribution in [2.45, 2.75) is 19.6 Å². The first-order valence-corrected chi connectivity index (χ1v) is 9.92. The molecule has 2 aromatic rings. The molecule has 1 N–H and O–H groups in total. The molecule has 0 spiro atoms. The van der Waals surface area contributed by atoms with E-state index in [0.29, 0.717) is 24.5 Å². The number of hydrogen-bond donors (Lipinski definition) is 1. The van der Waals surface area contributed by atoms with Crippen molar-refractivity contribution < 1.29 is 18.9 Å². The molecule has 0 aliphatic carbocycles. The predicted octanol–water partition coefficient (Wildman–Crippen LogP) is 4.24. The Morgan fingerprint density at radius 1 is 1.13 bits per heavy atom. The lowest BCUT2D eigenvalue weighted by Crippen LogP contribution is -2.06. The van der Waals surface area contributed by atoms with Gasteiger partial charge in [-0.2, -0.15) is 0 Å². The topological polar surface area (TPSA) is 55.8 Å². The fraction of sp³-hybridized carbons (Fsp3) is 0.333. The van der Waals surface area contributed by atoms with E-state index < -0.39 is 13.5 Å². The van der Waals surface area contributed by atoms with E-state index in [-0.39, 0.29) is 6.16 Å². The highest BCUT2D eigenvalue weighted by molar-refractivity contribution is 7.58. The van der Waals surface area contributed by atoms with E-state index in [1.165, 1.54) is 0 Å². The van der Waals surface area contributed by atoms with E-state index in [0.717, 1.165) is 5.56 Å². The van der Waals surface area contributed by atoms with Crippen LogP contribution in [0.1, 0.15) is 24.2 Å². The summed E-state index contributed by atoms with van der Waals surface area (Å²) < 4.78 is 23.2. The third-order valence-electron chi connectivity index (χ3n) is 3.40. The molecule has 4 nitrogen and oxygen atoms in total. The van der Waals surface area contributed by atoms with Gasteiger partial charge in [-0.3, -0.25) is 4.57 Å². The summed E-state index contributed by atoms with van der Waals surface area (Å²) in [5, 5.41) is 10.3. The van der Waals surface area contributed by atoms with Crippen LogP contribution in [-0.2, 0) is 15.7 Å². The van der Waals surface area contributed by atoms with Crippen molar-refractivity contribution in [3.63, 3.8) is 0 Å². The molecule has 2 aromatic carbocycles. The van der Waals surface area contributed by atoms with Crippen LogP contribution in [0.5, 0.6) is 5.75 Å². The van der Waals surface area contributed by atoms with Gasteiger partial charge >= 0.3 is 0 Å². The Bertz CT molecular complexity index is 657. The molecular weight excluding hydrogens is 311 g/mol. The molecule has 2 atom stereocenters. The number of ether oxygens (including phenoxy) is 1. The van der Waals surface area contributed by atoms with E-state index in [4.69, 9.17) is 9.26 Å². The average molecular weight is 334 g/mol. The maximum atomic E-state index is 12.2. The van der Waals surface area contributed by atoms with Gasteiger partial charge in [-0.15, -0.1) is 0 Å². The largest absolute Gasteiger partial charge is 0.489 e. The molecule has 0 fully saturated rings. The van der Waals surface area contributed by atoms with Gasteiger partial charge in [0.25, 0.3) is 0 Å². The van der Waals surface area contributed by atoms with E-state index in [1.807, 2.05) is 42.5 Å². The molecule has 2 rings (SSSR count). The van der Waals surface area contributed by atoms with Crippen LogP contribution in [0.15, 0.2) is 54.6 Å². The van der Waals surface area contributed by atoms with Gasteiger partial charge < -0.3 is 14.4 Å². The smallest absolute Gasteiger partial charge is 0.203 e. The highest BCUT2D eigenvalue weighted by Crippen LogP contribution is 2.45. The van der Waals surface area contributed by atoms with Gasteiger partial charge in [-0.25, -0.2) is 0 Å². The van der Waals surface area contributed by atoms with Gasteiger partial charge in [0.2, 0.25) is 7.37 Å². The van der Waals surface area contributed by atoms with Crippen LogP contribution >= 0.6 is 7.37 Å². The lowest BCUT2D eigenvalue weighted by molar-refractivity contribution is 0.194. The second-order valence-corrected chi connectivity index (χ2v) is 8.13. The zero-order chi connectivity index (χ0) is 16.7. The fourth-order valence-electron chi connectivity index (χ4n) is 2.30. The third-order valence-corrected chi connectivity index (χ3v) is 5.21. The van der Waals surface area contributed by atoms with E-state index >= 15 is 0 Å². The van der Waals surface area contributed by atoms with Crippen molar-refractivity contribution in [1.29, 1.82) is 0 Å². The van der Waals surface area contributed by atoms with Crippen LogP contribution in [0, 0.1) is 0 Å². The standard InChI is InChI=1S/C18H23O4P/c1-3-22-23(2,20)14-18(19)16-10-7-11-17(12-16)21-13-15-8-5-4-6-9-15/h4-12,18-19H,3,13-14H2,1-2H3/t18-,23?/m1/s1. The third kappa shape index (κ3) is 5.83. The van der Waals surface area contributed by atoms with Crippen LogP contribution in [0.2, 0.25) is 0 Å². The van der Waals surface area contributed by atoms with E-state index in [1.54, 1.807) is 25.7 Å². The van der Waals surface area contributed by atoms with Gasteiger partial charge in [0.15, 0.2) is 0 Å². The van der Waals surface area contributed by atoms with Crippen LogP contribution in [0.3, 0.4) is 0 Å². The molecule has 0 aromatic heterocycles.